The van der Waals surface area contributed by atoms with E-state index in [9.17, 15) is 4.79 Å². The van der Waals surface area contributed by atoms with Gasteiger partial charge in [0, 0.05) is 19.3 Å². The van der Waals surface area contributed by atoms with Gasteiger partial charge in [-0.15, -0.1) is 0 Å². The molecule has 1 aromatic rings. The third-order valence-electron chi connectivity index (χ3n) is 5.61. The van der Waals surface area contributed by atoms with Gasteiger partial charge in [-0.1, -0.05) is 0 Å². The van der Waals surface area contributed by atoms with E-state index < -0.39 is 11.9 Å². The zero-order valence-electron chi connectivity index (χ0n) is 14.7. The Bertz CT molecular complexity index is 612. The number of benzene rings is 1. The van der Waals surface area contributed by atoms with Crippen molar-refractivity contribution in [2.75, 3.05) is 13.2 Å². The first-order valence-electron chi connectivity index (χ1n) is 8.39. The molecule has 3 rings (SSSR count). The Morgan fingerprint density at radius 2 is 1.43 bits per heavy atom. The summed E-state index contributed by atoms with van der Waals surface area (Å²) in [5.74, 6) is 0.373. The number of carbonyl (C=O) groups is 1. The highest BCUT2D eigenvalue weighted by atomic mass is 16.7. The summed E-state index contributed by atoms with van der Waals surface area (Å²) in [6.07, 6.45) is 1.08. The molecule has 1 unspecified atom stereocenters. The summed E-state index contributed by atoms with van der Waals surface area (Å²) in [4.78, 5) is 12.4. The van der Waals surface area contributed by atoms with Crippen molar-refractivity contribution in [1.82, 2.24) is 0 Å². The van der Waals surface area contributed by atoms with Gasteiger partial charge in [-0.25, -0.2) is 0 Å². The van der Waals surface area contributed by atoms with Crippen molar-refractivity contribution < 1.29 is 19.0 Å². The zero-order chi connectivity index (χ0) is 16.8. The normalized spacial score (nSPS) is 23.5. The quantitative estimate of drug-likeness (QED) is 0.837. The molecule has 1 aromatic carbocycles. The number of rotatable bonds is 2. The minimum Gasteiger partial charge on any atom is -0.482 e. The third kappa shape index (κ3) is 2.79. The third-order valence-corrected chi connectivity index (χ3v) is 5.61. The summed E-state index contributed by atoms with van der Waals surface area (Å²) in [6.45, 7) is 11.7. The van der Waals surface area contributed by atoms with Crippen LogP contribution in [0, 0.1) is 34.6 Å². The van der Waals surface area contributed by atoms with E-state index in [-0.39, 0.29) is 5.78 Å². The van der Waals surface area contributed by atoms with Crippen LogP contribution in [-0.2, 0) is 14.3 Å². The summed E-state index contributed by atoms with van der Waals surface area (Å²) in [5, 5.41) is 0. The molecule has 0 N–H and O–H groups in total. The average molecular weight is 318 g/mol. The van der Waals surface area contributed by atoms with Crippen molar-refractivity contribution in [3.63, 3.8) is 0 Å². The Morgan fingerprint density at radius 3 is 2.00 bits per heavy atom. The van der Waals surface area contributed by atoms with Gasteiger partial charge in [-0.2, -0.15) is 0 Å². The standard InChI is InChI=1S/C19H26O4/c1-11-12(2)14(4)18(15(5)13(11)3)23-17-10-19(7-6-16(17)20)21-8-9-22-19/h17H,6-10H2,1-5H3. The van der Waals surface area contributed by atoms with Crippen LogP contribution in [0.5, 0.6) is 5.75 Å². The lowest BCUT2D eigenvalue weighted by Crippen LogP contribution is -2.45. The number of ether oxygens (including phenoxy) is 3. The van der Waals surface area contributed by atoms with Crippen LogP contribution in [0.1, 0.15) is 47.1 Å². The molecule has 1 heterocycles. The lowest BCUT2D eigenvalue weighted by Gasteiger charge is -2.36. The molecule has 1 spiro atoms. The summed E-state index contributed by atoms with van der Waals surface area (Å²) < 4.78 is 17.8. The van der Waals surface area contributed by atoms with E-state index in [1.807, 2.05) is 0 Å². The first kappa shape index (κ1) is 16.5. The predicted octanol–water partition coefficient (Wildman–Crippen LogP) is 3.47. The molecule has 126 valence electrons. The topological polar surface area (TPSA) is 44.8 Å². The molecule has 4 nitrogen and oxygen atoms in total. The van der Waals surface area contributed by atoms with Crippen LogP contribution in [0.3, 0.4) is 0 Å². The zero-order valence-corrected chi connectivity index (χ0v) is 14.7. The van der Waals surface area contributed by atoms with Crippen LogP contribution < -0.4 is 4.74 Å². The van der Waals surface area contributed by atoms with Gasteiger partial charge in [0.2, 0.25) is 0 Å². The van der Waals surface area contributed by atoms with Crippen molar-refractivity contribution >= 4 is 5.78 Å². The first-order valence-corrected chi connectivity index (χ1v) is 8.39. The highest BCUT2D eigenvalue weighted by Gasteiger charge is 2.46. The number of ketones is 1. The fraction of sp³-hybridized carbons (Fsp3) is 0.632. The second kappa shape index (κ2) is 5.91. The summed E-state index contributed by atoms with van der Waals surface area (Å²) in [6, 6.07) is 0. The Kier molecular flexibility index (Phi) is 4.23. The van der Waals surface area contributed by atoms with Crippen molar-refractivity contribution in [3.05, 3.63) is 27.8 Å². The minimum atomic E-state index is -0.616. The molecule has 23 heavy (non-hydrogen) atoms. The van der Waals surface area contributed by atoms with E-state index in [2.05, 4.69) is 34.6 Å². The van der Waals surface area contributed by atoms with Crippen LogP contribution in [0.25, 0.3) is 0 Å². The molecule has 1 aliphatic carbocycles. The van der Waals surface area contributed by atoms with Gasteiger partial charge in [0.1, 0.15) is 5.75 Å². The van der Waals surface area contributed by atoms with E-state index in [1.54, 1.807) is 0 Å². The van der Waals surface area contributed by atoms with Crippen molar-refractivity contribution in [3.8, 4) is 5.75 Å². The van der Waals surface area contributed by atoms with Crippen LogP contribution in [0.2, 0.25) is 0 Å². The van der Waals surface area contributed by atoms with Crippen molar-refractivity contribution in [2.45, 2.75) is 65.8 Å². The Labute approximate surface area is 138 Å². The van der Waals surface area contributed by atoms with Crippen molar-refractivity contribution in [1.29, 1.82) is 0 Å². The van der Waals surface area contributed by atoms with E-state index in [4.69, 9.17) is 14.2 Å². The molecule has 1 atom stereocenters. The van der Waals surface area contributed by atoms with Gasteiger partial charge in [0.15, 0.2) is 17.7 Å². The molecule has 1 aliphatic heterocycles. The van der Waals surface area contributed by atoms with E-state index in [0.717, 1.165) is 16.9 Å². The van der Waals surface area contributed by atoms with Crippen LogP contribution in [0.15, 0.2) is 0 Å². The number of carbonyl (C=O) groups excluding carboxylic acids is 1. The highest BCUT2D eigenvalue weighted by Crippen LogP contribution is 2.38. The lowest BCUT2D eigenvalue weighted by atomic mass is 9.89. The minimum absolute atomic E-state index is 0.143. The molecular weight excluding hydrogens is 292 g/mol. The second-order valence-corrected chi connectivity index (χ2v) is 6.84. The average Bonchev–Trinajstić information content (AvgIpc) is 2.99. The number of hydrogen-bond donors (Lipinski definition) is 0. The molecule has 0 radical (unpaired) electrons. The van der Waals surface area contributed by atoms with Crippen LogP contribution in [-0.4, -0.2) is 30.9 Å². The fourth-order valence-electron chi connectivity index (χ4n) is 3.62. The van der Waals surface area contributed by atoms with Crippen molar-refractivity contribution in [2.24, 2.45) is 0 Å². The Hall–Kier alpha value is -1.39. The van der Waals surface area contributed by atoms with Gasteiger partial charge >= 0.3 is 0 Å². The fourth-order valence-corrected chi connectivity index (χ4v) is 3.62. The molecule has 1 saturated carbocycles. The Morgan fingerprint density at radius 1 is 0.913 bits per heavy atom. The SMILES string of the molecule is Cc1c(C)c(C)c(OC2CC3(CCC2=O)OCCO3)c(C)c1C. The molecule has 4 heteroatoms. The summed E-state index contributed by atoms with van der Waals surface area (Å²) >= 11 is 0. The maximum Gasteiger partial charge on any atom is 0.173 e. The maximum atomic E-state index is 12.4. The second-order valence-electron chi connectivity index (χ2n) is 6.84. The van der Waals surface area contributed by atoms with Gasteiger partial charge in [0.25, 0.3) is 0 Å². The molecule has 0 aromatic heterocycles. The predicted molar refractivity (Wildman–Crippen MR) is 88.0 cm³/mol. The molecule has 2 aliphatic rings. The summed E-state index contributed by atoms with van der Waals surface area (Å²) in [5.41, 5.74) is 5.99. The molecule has 0 amide bonds. The van der Waals surface area contributed by atoms with Gasteiger partial charge in [-0.05, 0) is 62.4 Å². The largest absolute Gasteiger partial charge is 0.482 e. The summed E-state index contributed by atoms with van der Waals surface area (Å²) in [7, 11) is 0. The maximum absolute atomic E-state index is 12.4. The highest BCUT2D eigenvalue weighted by molar-refractivity contribution is 5.84. The van der Waals surface area contributed by atoms with Crippen LogP contribution >= 0.6 is 0 Å². The molecule has 2 fully saturated rings. The number of hydrogen-bond acceptors (Lipinski definition) is 4. The smallest absolute Gasteiger partial charge is 0.173 e. The molecule has 1 saturated heterocycles. The van der Waals surface area contributed by atoms with E-state index in [1.165, 1.54) is 16.7 Å². The number of Topliss-reactive ketones (excluding diaryl/α,β-unsaturated/α-hetero) is 1. The van der Waals surface area contributed by atoms with E-state index in [0.29, 0.717) is 32.5 Å². The Balaban J connectivity index is 1.90. The van der Waals surface area contributed by atoms with E-state index >= 15 is 0 Å². The first-order chi connectivity index (χ1) is 10.8. The van der Waals surface area contributed by atoms with Gasteiger partial charge < -0.3 is 14.2 Å². The van der Waals surface area contributed by atoms with Crippen LogP contribution in [0.4, 0.5) is 0 Å². The molecule has 0 bridgehead atoms. The molecular formula is C19H26O4. The van der Waals surface area contributed by atoms with Gasteiger partial charge in [-0.3, -0.25) is 4.79 Å². The lowest BCUT2D eigenvalue weighted by molar-refractivity contribution is -0.194. The monoisotopic (exact) mass is 318 g/mol. The van der Waals surface area contributed by atoms with Gasteiger partial charge in [0.05, 0.1) is 13.2 Å².